The molecule has 0 radical (unpaired) electrons. The SMILES string of the molecule is CN(C)C1(c2ccccc2)CCC2(CC1)CNC(=O)N2CC1CC1CC1(N)CC1. The van der Waals surface area contributed by atoms with Crippen molar-refractivity contribution in [2.45, 2.75) is 68.0 Å². The van der Waals surface area contributed by atoms with Gasteiger partial charge in [-0.1, -0.05) is 30.3 Å². The van der Waals surface area contributed by atoms with Gasteiger partial charge in [0.1, 0.15) is 0 Å². The van der Waals surface area contributed by atoms with Crippen molar-refractivity contribution in [2.24, 2.45) is 17.6 Å². The quantitative estimate of drug-likeness (QED) is 0.776. The van der Waals surface area contributed by atoms with Crippen LogP contribution in [0.15, 0.2) is 30.3 Å². The molecule has 1 aromatic carbocycles. The largest absolute Gasteiger partial charge is 0.336 e. The maximum absolute atomic E-state index is 12.8. The van der Waals surface area contributed by atoms with E-state index in [0.29, 0.717) is 5.92 Å². The van der Waals surface area contributed by atoms with Crippen LogP contribution in [0, 0.1) is 11.8 Å². The molecule has 158 valence electrons. The topological polar surface area (TPSA) is 61.6 Å². The lowest BCUT2D eigenvalue weighted by atomic mass is 9.68. The minimum Gasteiger partial charge on any atom is -0.336 e. The molecule has 1 heterocycles. The van der Waals surface area contributed by atoms with E-state index in [9.17, 15) is 4.79 Å². The normalized spacial score (nSPS) is 37.8. The molecule has 3 aliphatic carbocycles. The van der Waals surface area contributed by atoms with Crippen LogP contribution >= 0.6 is 0 Å². The molecule has 5 heteroatoms. The van der Waals surface area contributed by atoms with Crippen LogP contribution in [0.25, 0.3) is 0 Å². The molecule has 4 fully saturated rings. The van der Waals surface area contributed by atoms with Crippen molar-refractivity contribution in [3.63, 3.8) is 0 Å². The fraction of sp³-hybridized carbons (Fsp3) is 0.708. The number of carbonyl (C=O) groups excluding carboxylic acids is 1. The summed E-state index contributed by atoms with van der Waals surface area (Å²) in [6.45, 7) is 1.73. The second-order valence-electron chi connectivity index (χ2n) is 10.6. The van der Waals surface area contributed by atoms with Gasteiger partial charge in [-0.2, -0.15) is 0 Å². The van der Waals surface area contributed by atoms with E-state index in [4.69, 9.17) is 5.73 Å². The molecule has 5 nitrogen and oxygen atoms in total. The van der Waals surface area contributed by atoms with E-state index in [1.54, 1.807) is 0 Å². The highest BCUT2D eigenvalue weighted by molar-refractivity contribution is 5.78. The first kappa shape index (κ1) is 19.4. The van der Waals surface area contributed by atoms with Crippen molar-refractivity contribution in [1.82, 2.24) is 15.1 Å². The molecule has 2 unspecified atom stereocenters. The summed E-state index contributed by atoms with van der Waals surface area (Å²) in [5, 5.41) is 3.18. The molecule has 1 aliphatic heterocycles. The number of benzene rings is 1. The van der Waals surface area contributed by atoms with E-state index < -0.39 is 0 Å². The summed E-state index contributed by atoms with van der Waals surface area (Å²) in [5.41, 5.74) is 7.95. The molecule has 4 aliphatic rings. The maximum atomic E-state index is 12.8. The number of rotatable bonds is 6. The molecule has 1 spiro atoms. The summed E-state index contributed by atoms with van der Waals surface area (Å²) < 4.78 is 0. The van der Waals surface area contributed by atoms with Crippen LogP contribution < -0.4 is 11.1 Å². The Bertz CT molecular complexity index is 764. The molecule has 1 saturated heterocycles. The van der Waals surface area contributed by atoms with Gasteiger partial charge in [0.25, 0.3) is 0 Å². The number of carbonyl (C=O) groups is 1. The van der Waals surface area contributed by atoms with Gasteiger partial charge in [-0.3, -0.25) is 4.90 Å². The number of amides is 2. The van der Waals surface area contributed by atoms with E-state index in [0.717, 1.165) is 51.1 Å². The van der Waals surface area contributed by atoms with Gasteiger partial charge < -0.3 is 16.0 Å². The minimum atomic E-state index is -0.00149. The van der Waals surface area contributed by atoms with Gasteiger partial charge in [-0.25, -0.2) is 4.79 Å². The summed E-state index contributed by atoms with van der Waals surface area (Å²) in [7, 11) is 4.41. The minimum absolute atomic E-state index is 0.00149. The third kappa shape index (κ3) is 3.36. The van der Waals surface area contributed by atoms with Gasteiger partial charge in [-0.15, -0.1) is 0 Å². The predicted molar refractivity (Wildman–Crippen MR) is 115 cm³/mol. The van der Waals surface area contributed by atoms with Crippen LogP contribution in [-0.2, 0) is 5.54 Å². The van der Waals surface area contributed by atoms with Crippen molar-refractivity contribution < 1.29 is 4.79 Å². The Labute approximate surface area is 175 Å². The number of nitrogens with two attached hydrogens (primary N) is 1. The summed E-state index contributed by atoms with van der Waals surface area (Å²) in [6, 6.07) is 11.1. The van der Waals surface area contributed by atoms with Gasteiger partial charge in [0.15, 0.2) is 0 Å². The molecule has 2 atom stereocenters. The van der Waals surface area contributed by atoms with Gasteiger partial charge >= 0.3 is 6.03 Å². The van der Waals surface area contributed by atoms with E-state index >= 15 is 0 Å². The third-order valence-electron chi connectivity index (χ3n) is 8.61. The molecular formula is C24H36N4O. The highest BCUT2D eigenvalue weighted by Gasteiger charge is 2.55. The van der Waals surface area contributed by atoms with Gasteiger partial charge in [0.2, 0.25) is 0 Å². The van der Waals surface area contributed by atoms with E-state index in [2.05, 4.69) is 59.5 Å². The maximum Gasteiger partial charge on any atom is 0.318 e. The number of nitrogens with one attached hydrogen (secondary N) is 1. The molecule has 3 saturated carbocycles. The Balaban J connectivity index is 1.29. The number of urea groups is 1. The van der Waals surface area contributed by atoms with Gasteiger partial charge in [-0.05, 0) is 82.9 Å². The first-order valence-corrected chi connectivity index (χ1v) is 11.4. The van der Waals surface area contributed by atoms with E-state index in [1.165, 1.54) is 24.8 Å². The summed E-state index contributed by atoms with van der Waals surface area (Å²) in [6.07, 6.45) is 9.12. The lowest BCUT2D eigenvalue weighted by Crippen LogP contribution is -2.55. The van der Waals surface area contributed by atoms with Gasteiger partial charge in [0, 0.05) is 24.2 Å². The average molecular weight is 397 g/mol. The van der Waals surface area contributed by atoms with Crippen molar-refractivity contribution in [2.75, 3.05) is 27.2 Å². The zero-order valence-corrected chi connectivity index (χ0v) is 18.0. The van der Waals surface area contributed by atoms with Crippen molar-refractivity contribution >= 4 is 6.03 Å². The highest BCUT2D eigenvalue weighted by Crippen LogP contribution is 2.52. The second kappa shape index (κ2) is 6.71. The van der Waals surface area contributed by atoms with Gasteiger partial charge in [0.05, 0.1) is 5.54 Å². The van der Waals surface area contributed by atoms with Crippen molar-refractivity contribution in [1.29, 1.82) is 0 Å². The summed E-state index contributed by atoms with van der Waals surface area (Å²) in [5.74, 6) is 1.40. The Morgan fingerprint density at radius 1 is 1.07 bits per heavy atom. The number of hydrogen-bond donors (Lipinski definition) is 2. The third-order valence-corrected chi connectivity index (χ3v) is 8.61. The number of hydrogen-bond acceptors (Lipinski definition) is 3. The zero-order chi connectivity index (χ0) is 20.3. The molecular weight excluding hydrogens is 360 g/mol. The lowest BCUT2D eigenvalue weighted by molar-refractivity contribution is 0.0242. The van der Waals surface area contributed by atoms with E-state index in [-0.39, 0.29) is 22.6 Å². The molecule has 3 N–H and O–H groups in total. The first-order chi connectivity index (χ1) is 13.9. The Morgan fingerprint density at radius 3 is 2.38 bits per heavy atom. The average Bonchev–Trinajstić information content (AvgIpc) is 3.62. The second-order valence-corrected chi connectivity index (χ2v) is 10.6. The molecule has 0 aromatic heterocycles. The van der Waals surface area contributed by atoms with E-state index in [1.807, 2.05) is 0 Å². The van der Waals surface area contributed by atoms with Crippen LogP contribution in [0.3, 0.4) is 0 Å². The fourth-order valence-corrected chi connectivity index (χ4v) is 6.15. The summed E-state index contributed by atoms with van der Waals surface area (Å²) in [4.78, 5) is 17.4. The van der Waals surface area contributed by atoms with Crippen molar-refractivity contribution in [3.8, 4) is 0 Å². The highest BCUT2D eigenvalue weighted by atomic mass is 16.2. The monoisotopic (exact) mass is 396 g/mol. The number of nitrogens with zero attached hydrogens (tertiary/aromatic N) is 2. The lowest BCUT2D eigenvalue weighted by Gasteiger charge is -2.51. The summed E-state index contributed by atoms with van der Waals surface area (Å²) >= 11 is 0. The van der Waals surface area contributed by atoms with Crippen LogP contribution in [-0.4, -0.2) is 54.1 Å². The van der Waals surface area contributed by atoms with Crippen molar-refractivity contribution in [3.05, 3.63) is 35.9 Å². The Hall–Kier alpha value is -1.59. The van der Waals surface area contributed by atoms with Crippen LogP contribution in [0.4, 0.5) is 4.79 Å². The van der Waals surface area contributed by atoms with Crippen LogP contribution in [0.5, 0.6) is 0 Å². The molecule has 1 aromatic rings. The molecule has 5 rings (SSSR count). The smallest absolute Gasteiger partial charge is 0.318 e. The Morgan fingerprint density at radius 2 is 1.76 bits per heavy atom. The van der Waals surface area contributed by atoms with Crippen LogP contribution in [0.2, 0.25) is 0 Å². The Kier molecular flexibility index (Phi) is 4.48. The first-order valence-electron chi connectivity index (χ1n) is 11.4. The zero-order valence-electron chi connectivity index (χ0n) is 18.0. The molecule has 0 bridgehead atoms. The standard InChI is InChI=1S/C24H36N4O/c1-27(2)24(20-6-4-3-5-7-20)12-10-23(11-13-24)17-26-21(29)28(23)16-19-14-18(19)15-22(25)8-9-22/h3-7,18-19H,8-17,25H2,1-2H3,(H,26,29). The fourth-order valence-electron chi connectivity index (χ4n) is 6.15. The predicted octanol–water partition coefficient (Wildman–Crippen LogP) is 3.30. The van der Waals surface area contributed by atoms with Crippen LogP contribution in [0.1, 0.15) is 56.9 Å². The molecule has 2 amide bonds. The molecule has 29 heavy (non-hydrogen) atoms.